The maximum Gasteiger partial charge on any atom is 0.270 e. The van der Waals surface area contributed by atoms with Gasteiger partial charge in [0.25, 0.3) is 5.91 Å². The molecule has 0 saturated carbocycles. The Labute approximate surface area is 172 Å². The predicted octanol–water partition coefficient (Wildman–Crippen LogP) is 4.54. The van der Waals surface area contributed by atoms with E-state index >= 15 is 0 Å². The number of furan rings is 1. The fourth-order valence-corrected chi connectivity index (χ4v) is 3.27. The van der Waals surface area contributed by atoms with Crippen LogP contribution in [-0.4, -0.2) is 17.7 Å². The number of pyridine rings is 1. The van der Waals surface area contributed by atoms with Crippen molar-refractivity contribution in [1.82, 2.24) is 10.3 Å². The highest BCUT2D eigenvalue weighted by Crippen LogP contribution is 2.32. The van der Waals surface area contributed by atoms with Crippen LogP contribution in [0.1, 0.15) is 21.6 Å². The second-order valence-electron chi connectivity index (χ2n) is 7.05. The molecule has 0 atom stereocenters. The molecule has 5 rings (SSSR count). The second kappa shape index (κ2) is 7.44. The molecular weight excluding hydrogens is 382 g/mol. The van der Waals surface area contributed by atoms with Crippen LogP contribution in [0.15, 0.2) is 65.3 Å². The van der Waals surface area contributed by atoms with Gasteiger partial charge >= 0.3 is 0 Å². The van der Waals surface area contributed by atoms with Crippen LogP contribution in [0.4, 0.5) is 11.5 Å². The molecule has 3 heterocycles. The van der Waals surface area contributed by atoms with Crippen LogP contribution in [0.25, 0.3) is 11.0 Å². The number of benzene rings is 2. The number of nitrogens with one attached hydrogen (secondary N) is 2. The molecule has 0 fully saturated rings. The van der Waals surface area contributed by atoms with E-state index in [9.17, 15) is 4.79 Å². The largest absolute Gasteiger partial charge is 0.464 e. The summed E-state index contributed by atoms with van der Waals surface area (Å²) in [6, 6.07) is 17.0. The monoisotopic (exact) mass is 401 g/mol. The maximum absolute atomic E-state index is 12.8. The summed E-state index contributed by atoms with van der Waals surface area (Å²) in [4.78, 5) is 17.3. The molecule has 4 aromatic rings. The second-order valence-corrected chi connectivity index (χ2v) is 7.05. The molecule has 150 valence electrons. The molecule has 7 nitrogen and oxygen atoms in total. The minimum atomic E-state index is -0.294. The van der Waals surface area contributed by atoms with Gasteiger partial charge in [0.2, 0.25) is 6.79 Å². The first-order valence-corrected chi connectivity index (χ1v) is 9.54. The number of fused-ring (bicyclic) bond motifs is 2. The van der Waals surface area contributed by atoms with Crippen molar-refractivity contribution >= 4 is 28.4 Å². The van der Waals surface area contributed by atoms with E-state index in [0.717, 1.165) is 16.6 Å². The van der Waals surface area contributed by atoms with Gasteiger partial charge in [-0.1, -0.05) is 23.8 Å². The summed E-state index contributed by atoms with van der Waals surface area (Å²) in [6.07, 6.45) is 1.58. The quantitative estimate of drug-likeness (QED) is 0.511. The van der Waals surface area contributed by atoms with Gasteiger partial charge in [0.1, 0.15) is 17.1 Å². The SMILES string of the molecule is Cc1ccc(Nc2nc(C(=O)NCc3ccc4c(c3)OCO4)cc3occc23)cc1. The summed E-state index contributed by atoms with van der Waals surface area (Å²) < 4.78 is 16.2. The first-order chi connectivity index (χ1) is 14.7. The highest BCUT2D eigenvalue weighted by Gasteiger charge is 2.16. The van der Waals surface area contributed by atoms with Crippen molar-refractivity contribution in [3.05, 3.63) is 77.7 Å². The third-order valence-corrected chi connectivity index (χ3v) is 4.89. The van der Waals surface area contributed by atoms with Crippen LogP contribution in [0.5, 0.6) is 11.5 Å². The summed E-state index contributed by atoms with van der Waals surface area (Å²) in [5.74, 6) is 1.67. The molecule has 2 aromatic heterocycles. The highest BCUT2D eigenvalue weighted by molar-refractivity contribution is 5.99. The summed E-state index contributed by atoms with van der Waals surface area (Å²) in [5, 5.41) is 6.98. The number of rotatable bonds is 5. The third kappa shape index (κ3) is 3.53. The Kier molecular flexibility index (Phi) is 4.48. The predicted molar refractivity (Wildman–Crippen MR) is 112 cm³/mol. The van der Waals surface area contributed by atoms with Crippen molar-refractivity contribution < 1.29 is 18.7 Å². The summed E-state index contributed by atoms with van der Waals surface area (Å²) in [5.41, 5.74) is 3.82. The van der Waals surface area contributed by atoms with Crippen molar-refractivity contribution in [1.29, 1.82) is 0 Å². The number of amides is 1. The lowest BCUT2D eigenvalue weighted by atomic mass is 10.2. The van der Waals surface area contributed by atoms with Gasteiger partial charge in [-0.2, -0.15) is 0 Å². The molecule has 2 N–H and O–H groups in total. The van der Waals surface area contributed by atoms with Gasteiger partial charge in [-0.15, -0.1) is 0 Å². The number of carbonyl (C=O) groups is 1. The van der Waals surface area contributed by atoms with Crippen LogP contribution >= 0.6 is 0 Å². The number of ether oxygens (including phenoxy) is 2. The van der Waals surface area contributed by atoms with Crippen LogP contribution in [0.3, 0.4) is 0 Å². The van der Waals surface area contributed by atoms with Crippen LogP contribution in [-0.2, 0) is 6.54 Å². The smallest absolute Gasteiger partial charge is 0.270 e. The van der Waals surface area contributed by atoms with Crippen LogP contribution < -0.4 is 20.1 Å². The average molecular weight is 401 g/mol. The topological polar surface area (TPSA) is 85.6 Å². The van der Waals surface area contributed by atoms with E-state index in [4.69, 9.17) is 13.9 Å². The summed E-state index contributed by atoms with van der Waals surface area (Å²) in [7, 11) is 0. The lowest BCUT2D eigenvalue weighted by Crippen LogP contribution is -2.24. The number of anilines is 2. The van der Waals surface area contributed by atoms with E-state index in [-0.39, 0.29) is 18.4 Å². The molecule has 0 radical (unpaired) electrons. The fourth-order valence-electron chi connectivity index (χ4n) is 3.27. The van der Waals surface area contributed by atoms with E-state index in [1.54, 1.807) is 12.3 Å². The number of carbonyl (C=O) groups excluding carboxylic acids is 1. The minimum Gasteiger partial charge on any atom is -0.464 e. The lowest BCUT2D eigenvalue weighted by molar-refractivity contribution is 0.0946. The van der Waals surface area contributed by atoms with E-state index in [1.807, 2.05) is 55.5 Å². The summed E-state index contributed by atoms with van der Waals surface area (Å²) >= 11 is 0. The van der Waals surface area contributed by atoms with E-state index in [0.29, 0.717) is 29.4 Å². The Morgan fingerprint density at radius 2 is 1.87 bits per heavy atom. The van der Waals surface area contributed by atoms with Gasteiger partial charge in [-0.3, -0.25) is 4.79 Å². The zero-order chi connectivity index (χ0) is 20.5. The van der Waals surface area contributed by atoms with Crippen molar-refractivity contribution in [2.24, 2.45) is 0 Å². The number of nitrogens with zero attached hydrogens (tertiary/aromatic N) is 1. The first-order valence-electron chi connectivity index (χ1n) is 9.54. The Balaban J connectivity index is 1.37. The molecular formula is C23H19N3O4. The number of aromatic nitrogens is 1. The maximum atomic E-state index is 12.8. The van der Waals surface area contributed by atoms with Crippen LogP contribution in [0.2, 0.25) is 0 Å². The molecule has 0 bridgehead atoms. The normalized spacial score (nSPS) is 12.2. The van der Waals surface area contributed by atoms with E-state index in [1.165, 1.54) is 5.56 Å². The molecule has 1 aliphatic rings. The van der Waals surface area contributed by atoms with Crippen molar-refractivity contribution in [2.45, 2.75) is 13.5 Å². The van der Waals surface area contributed by atoms with Gasteiger partial charge in [0.05, 0.1) is 11.6 Å². The zero-order valence-electron chi connectivity index (χ0n) is 16.3. The summed E-state index contributed by atoms with van der Waals surface area (Å²) in [6.45, 7) is 2.59. The molecule has 0 saturated heterocycles. The first kappa shape index (κ1) is 18.1. The number of hydrogen-bond acceptors (Lipinski definition) is 6. The van der Waals surface area contributed by atoms with Crippen molar-refractivity contribution in [3.63, 3.8) is 0 Å². The molecule has 0 aliphatic carbocycles. The number of hydrogen-bond donors (Lipinski definition) is 2. The Morgan fingerprint density at radius 3 is 2.73 bits per heavy atom. The molecule has 1 amide bonds. The third-order valence-electron chi connectivity index (χ3n) is 4.89. The van der Waals surface area contributed by atoms with E-state index in [2.05, 4.69) is 15.6 Å². The van der Waals surface area contributed by atoms with Gasteiger partial charge in [0, 0.05) is 18.3 Å². The molecule has 0 unspecified atom stereocenters. The number of aryl methyl sites for hydroxylation is 1. The Hall–Kier alpha value is -4.00. The molecule has 30 heavy (non-hydrogen) atoms. The van der Waals surface area contributed by atoms with Gasteiger partial charge < -0.3 is 24.5 Å². The molecule has 2 aromatic carbocycles. The Bertz CT molecular complexity index is 1230. The van der Waals surface area contributed by atoms with Gasteiger partial charge in [-0.05, 0) is 42.8 Å². The standard InChI is InChI=1S/C23H19N3O4/c1-14-2-5-16(6-3-14)25-22-17-8-9-28-20(17)11-18(26-22)23(27)24-12-15-4-7-19-21(10-15)30-13-29-19/h2-11H,12-13H2,1H3,(H,24,27)(H,25,26). The van der Waals surface area contributed by atoms with Crippen molar-refractivity contribution in [2.75, 3.05) is 12.1 Å². The van der Waals surface area contributed by atoms with Gasteiger partial charge in [-0.25, -0.2) is 4.98 Å². The molecule has 7 heteroatoms. The lowest BCUT2D eigenvalue weighted by Gasteiger charge is -2.10. The van der Waals surface area contributed by atoms with Crippen molar-refractivity contribution in [3.8, 4) is 11.5 Å². The molecule has 1 aliphatic heterocycles. The fraction of sp³-hybridized carbons (Fsp3) is 0.130. The van der Waals surface area contributed by atoms with Gasteiger partial charge in [0.15, 0.2) is 11.5 Å². The van der Waals surface area contributed by atoms with E-state index < -0.39 is 0 Å². The average Bonchev–Trinajstić information content (AvgIpc) is 3.42. The molecule has 0 spiro atoms. The van der Waals surface area contributed by atoms with Crippen LogP contribution in [0, 0.1) is 6.92 Å². The zero-order valence-corrected chi connectivity index (χ0v) is 16.3. The Morgan fingerprint density at radius 1 is 1.03 bits per heavy atom. The highest BCUT2D eigenvalue weighted by atomic mass is 16.7. The minimum absolute atomic E-state index is 0.217.